The molecule has 1 aromatic rings. The van der Waals surface area contributed by atoms with E-state index >= 15 is 0 Å². The number of halogens is 3. The second-order valence-corrected chi connectivity index (χ2v) is 3.34. The van der Waals surface area contributed by atoms with Crippen LogP contribution in [0.3, 0.4) is 0 Å². The van der Waals surface area contributed by atoms with Crippen molar-refractivity contribution in [3.05, 3.63) is 40.7 Å². The molecule has 0 bridgehead atoms. The van der Waals surface area contributed by atoms with Crippen molar-refractivity contribution in [2.45, 2.75) is 12.8 Å². The summed E-state index contributed by atoms with van der Waals surface area (Å²) in [4.78, 5) is 21.2. The van der Waals surface area contributed by atoms with E-state index < -0.39 is 34.9 Å². The molecule has 0 aliphatic rings. The SMILES string of the molecule is CC(=C=O)C(C(=O)O)c1cc(F)c(F)cc1F. The van der Waals surface area contributed by atoms with Crippen molar-refractivity contribution in [3.63, 3.8) is 0 Å². The first-order valence-electron chi connectivity index (χ1n) is 4.47. The third kappa shape index (κ3) is 2.54. The Bertz CT molecular complexity index is 519. The van der Waals surface area contributed by atoms with Crippen LogP contribution in [-0.4, -0.2) is 17.0 Å². The Balaban J connectivity index is 3.44. The van der Waals surface area contributed by atoms with Crippen LogP contribution in [0.1, 0.15) is 18.4 Å². The van der Waals surface area contributed by atoms with Crippen molar-refractivity contribution in [2.75, 3.05) is 0 Å². The Hall–Kier alpha value is -2.07. The summed E-state index contributed by atoms with van der Waals surface area (Å²) in [6, 6.07) is 0.656. The zero-order chi connectivity index (χ0) is 13.2. The summed E-state index contributed by atoms with van der Waals surface area (Å²) in [6.07, 6.45) is 0. The molecule has 0 saturated heterocycles. The van der Waals surface area contributed by atoms with Crippen molar-refractivity contribution in [2.24, 2.45) is 0 Å². The average Bonchev–Trinajstić information content (AvgIpc) is 2.25. The zero-order valence-electron chi connectivity index (χ0n) is 8.63. The Kier molecular flexibility index (Phi) is 3.70. The second-order valence-electron chi connectivity index (χ2n) is 3.34. The Morgan fingerprint density at radius 2 is 1.76 bits per heavy atom. The number of carboxylic acid groups (broad SMARTS) is 1. The first-order chi connectivity index (χ1) is 7.88. The number of benzene rings is 1. The van der Waals surface area contributed by atoms with E-state index in [1.165, 1.54) is 5.94 Å². The van der Waals surface area contributed by atoms with Crippen LogP contribution in [0.2, 0.25) is 0 Å². The van der Waals surface area contributed by atoms with Crippen LogP contribution in [-0.2, 0) is 9.59 Å². The van der Waals surface area contributed by atoms with Crippen LogP contribution >= 0.6 is 0 Å². The van der Waals surface area contributed by atoms with Crippen molar-refractivity contribution in [3.8, 4) is 0 Å². The molecule has 17 heavy (non-hydrogen) atoms. The van der Waals surface area contributed by atoms with Gasteiger partial charge in [-0.15, -0.1) is 0 Å². The van der Waals surface area contributed by atoms with Crippen molar-refractivity contribution in [1.29, 1.82) is 0 Å². The highest BCUT2D eigenvalue weighted by Crippen LogP contribution is 2.27. The van der Waals surface area contributed by atoms with E-state index in [0.717, 1.165) is 6.92 Å². The smallest absolute Gasteiger partial charge is 0.316 e. The fraction of sp³-hybridized carbons (Fsp3) is 0.182. The summed E-state index contributed by atoms with van der Waals surface area (Å²) in [6.45, 7) is 1.12. The summed E-state index contributed by atoms with van der Waals surface area (Å²) >= 11 is 0. The number of hydrogen-bond donors (Lipinski definition) is 1. The maximum atomic E-state index is 13.3. The van der Waals surface area contributed by atoms with Crippen molar-refractivity contribution >= 4 is 11.9 Å². The Morgan fingerprint density at radius 3 is 2.24 bits per heavy atom. The van der Waals surface area contributed by atoms with Gasteiger partial charge in [-0.2, -0.15) is 0 Å². The molecule has 0 amide bonds. The Labute approximate surface area is 94.2 Å². The predicted octanol–water partition coefficient (Wildman–Crippen LogP) is 2.05. The quantitative estimate of drug-likeness (QED) is 0.654. The average molecular weight is 244 g/mol. The maximum Gasteiger partial charge on any atom is 0.316 e. The molecule has 1 N–H and O–H groups in total. The van der Waals surface area contributed by atoms with Gasteiger partial charge in [-0.25, -0.2) is 18.0 Å². The van der Waals surface area contributed by atoms with Gasteiger partial charge in [0.2, 0.25) is 0 Å². The number of carbonyl (C=O) groups is 1. The Morgan fingerprint density at radius 1 is 1.24 bits per heavy atom. The molecule has 0 radical (unpaired) electrons. The topological polar surface area (TPSA) is 54.4 Å². The lowest BCUT2D eigenvalue weighted by Gasteiger charge is -2.12. The molecule has 1 aromatic carbocycles. The lowest BCUT2D eigenvalue weighted by atomic mass is 9.92. The van der Waals surface area contributed by atoms with E-state index in [-0.39, 0.29) is 11.6 Å². The standard InChI is InChI=1S/C11H7F3O3/c1-5(4-15)10(11(16)17)6-2-8(13)9(14)3-7(6)12/h2-3,10H,1H3,(H,16,17). The van der Waals surface area contributed by atoms with E-state index in [4.69, 9.17) is 5.11 Å². The van der Waals surface area contributed by atoms with Gasteiger partial charge >= 0.3 is 5.97 Å². The molecule has 0 spiro atoms. The molecular weight excluding hydrogens is 237 g/mol. The molecule has 0 heterocycles. The monoisotopic (exact) mass is 244 g/mol. The summed E-state index contributed by atoms with van der Waals surface area (Å²) in [5, 5.41) is 8.83. The summed E-state index contributed by atoms with van der Waals surface area (Å²) in [5.41, 5.74) is -0.945. The number of rotatable bonds is 3. The summed E-state index contributed by atoms with van der Waals surface area (Å²) in [5.74, 6) is -5.96. The van der Waals surface area contributed by atoms with E-state index in [0.29, 0.717) is 6.07 Å². The van der Waals surface area contributed by atoms with Crippen LogP contribution in [0.5, 0.6) is 0 Å². The molecular formula is C11H7F3O3. The van der Waals surface area contributed by atoms with Crippen molar-refractivity contribution in [1.82, 2.24) is 0 Å². The van der Waals surface area contributed by atoms with E-state index in [2.05, 4.69) is 0 Å². The lowest BCUT2D eigenvalue weighted by Crippen LogP contribution is -2.15. The highest BCUT2D eigenvalue weighted by Gasteiger charge is 2.27. The molecule has 1 atom stereocenters. The number of aliphatic carboxylic acids is 1. The highest BCUT2D eigenvalue weighted by atomic mass is 19.2. The van der Waals surface area contributed by atoms with Gasteiger partial charge in [0.25, 0.3) is 0 Å². The molecule has 0 aliphatic heterocycles. The second kappa shape index (κ2) is 4.84. The third-order valence-electron chi connectivity index (χ3n) is 2.19. The summed E-state index contributed by atoms with van der Waals surface area (Å²) < 4.78 is 38.9. The molecule has 1 unspecified atom stereocenters. The largest absolute Gasteiger partial charge is 0.481 e. The fourth-order valence-electron chi connectivity index (χ4n) is 1.37. The first kappa shape index (κ1) is 13.0. The maximum absolute atomic E-state index is 13.3. The van der Waals surface area contributed by atoms with Gasteiger partial charge in [-0.05, 0) is 13.0 Å². The van der Waals surface area contributed by atoms with Gasteiger partial charge in [-0.3, -0.25) is 4.79 Å². The molecule has 0 saturated carbocycles. The molecule has 6 heteroatoms. The predicted molar refractivity (Wildman–Crippen MR) is 51.6 cm³/mol. The zero-order valence-corrected chi connectivity index (χ0v) is 8.63. The van der Waals surface area contributed by atoms with Gasteiger partial charge < -0.3 is 5.11 Å². The number of carbonyl (C=O) groups excluding carboxylic acids is 1. The molecule has 3 nitrogen and oxygen atoms in total. The van der Waals surface area contributed by atoms with Gasteiger partial charge in [0.05, 0.1) is 0 Å². The van der Waals surface area contributed by atoms with Gasteiger partial charge in [0.1, 0.15) is 17.7 Å². The van der Waals surface area contributed by atoms with E-state index in [1.54, 1.807) is 0 Å². The van der Waals surface area contributed by atoms with E-state index in [9.17, 15) is 22.8 Å². The molecule has 0 fully saturated rings. The molecule has 0 aromatic heterocycles. The van der Waals surface area contributed by atoms with Gasteiger partial charge in [-0.1, -0.05) is 0 Å². The normalized spacial score (nSPS) is 11.8. The van der Waals surface area contributed by atoms with Gasteiger partial charge in [0, 0.05) is 17.2 Å². The summed E-state index contributed by atoms with van der Waals surface area (Å²) in [7, 11) is 0. The van der Waals surface area contributed by atoms with Crippen LogP contribution in [0.15, 0.2) is 17.7 Å². The van der Waals surface area contributed by atoms with Crippen LogP contribution in [0.4, 0.5) is 13.2 Å². The van der Waals surface area contributed by atoms with Gasteiger partial charge in [0.15, 0.2) is 11.6 Å². The third-order valence-corrected chi connectivity index (χ3v) is 2.19. The van der Waals surface area contributed by atoms with Crippen LogP contribution in [0.25, 0.3) is 0 Å². The minimum absolute atomic E-state index is 0.235. The molecule has 1 rings (SSSR count). The first-order valence-corrected chi connectivity index (χ1v) is 4.47. The molecule has 0 aliphatic carbocycles. The van der Waals surface area contributed by atoms with Crippen LogP contribution in [0, 0.1) is 17.5 Å². The lowest BCUT2D eigenvalue weighted by molar-refractivity contribution is -0.137. The number of hydrogen-bond acceptors (Lipinski definition) is 2. The van der Waals surface area contributed by atoms with Crippen molar-refractivity contribution < 1.29 is 27.9 Å². The minimum Gasteiger partial charge on any atom is -0.481 e. The van der Waals surface area contributed by atoms with E-state index in [1.807, 2.05) is 0 Å². The molecule has 90 valence electrons. The fourth-order valence-corrected chi connectivity index (χ4v) is 1.37. The van der Waals surface area contributed by atoms with Crippen LogP contribution < -0.4 is 0 Å². The number of carboxylic acids is 1. The minimum atomic E-state index is -1.68. The highest BCUT2D eigenvalue weighted by molar-refractivity contribution is 5.83.